The molecular formula is C27H32N2O6. The molecule has 1 atom stereocenters. The zero-order chi connectivity index (χ0) is 25.0. The molecular weight excluding hydrogens is 448 g/mol. The number of rotatable bonds is 8. The van der Waals surface area contributed by atoms with Crippen LogP contribution in [0.2, 0.25) is 0 Å². The molecule has 0 bridgehead atoms. The van der Waals surface area contributed by atoms with Crippen molar-refractivity contribution in [1.82, 2.24) is 10.2 Å². The largest absolute Gasteiger partial charge is 0.481 e. The first-order chi connectivity index (χ1) is 16.8. The molecule has 0 unspecified atom stereocenters. The van der Waals surface area contributed by atoms with E-state index in [1.807, 2.05) is 24.3 Å². The highest BCUT2D eigenvalue weighted by Gasteiger charge is 2.42. The highest BCUT2D eigenvalue weighted by atomic mass is 16.5. The average Bonchev–Trinajstić information content (AvgIpc) is 3.17. The maximum absolute atomic E-state index is 12.7. The molecule has 35 heavy (non-hydrogen) atoms. The Bertz CT molecular complexity index is 1050. The van der Waals surface area contributed by atoms with Gasteiger partial charge in [0.1, 0.15) is 6.61 Å². The Balaban J connectivity index is 1.27. The first kappa shape index (κ1) is 24.7. The summed E-state index contributed by atoms with van der Waals surface area (Å²) in [5, 5.41) is 12.3. The molecule has 0 saturated carbocycles. The van der Waals surface area contributed by atoms with Gasteiger partial charge in [0.2, 0.25) is 5.91 Å². The molecule has 0 radical (unpaired) electrons. The number of nitrogens with one attached hydrogen (secondary N) is 1. The Hall–Kier alpha value is -3.39. The van der Waals surface area contributed by atoms with Crippen molar-refractivity contribution in [2.24, 2.45) is 5.41 Å². The summed E-state index contributed by atoms with van der Waals surface area (Å²) >= 11 is 0. The van der Waals surface area contributed by atoms with Gasteiger partial charge in [-0.1, -0.05) is 48.5 Å². The zero-order valence-corrected chi connectivity index (χ0v) is 20.2. The van der Waals surface area contributed by atoms with Crippen LogP contribution in [0.4, 0.5) is 4.79 Å². The number of likely N-dealkylation sites (tertiary alicyclic amines) is 1. The fourth-order valence-corrected chi connectivity index (χ4v) is 5.16. The second-order valence-corrected chi connectivity index (χ2v) is 9.47. The number of piperidine rings is 1. The second-order valence-electron chi connectivity index (χ2n) is 9.47. The van der Waals surface area contributed by atoms with E-state index in [4.69, 9.17) is 9.47 Å². The molecule has 1 aliphatic heterocycles. The van der Waals surface area contributed by atoms with Crippen LogP contribution in [0.5, 0.6) is 0 Å². The van der Waals surface area contributed by atoms with E-state index in [2.05, 4.69) is 29.6 Å². The van der Waals surface area contributed by atoms with Gasteiger partial charge in [-0.05, 0) is 42.0 Å². The molecule has 1 aliphatic carbocycles. The minimum atomic E-state index is -0.948. The van der Waals surface area contributed by atoms with Gasteiger partial charge in [0.05, 0.1) is 12.0 Å². The molecule has 0 spiro atoms. The Morgan fingerprint density at radius 3 is 2.17 bits per heavy atom. The maximum atomic E-state index is 12.7. The van der Waals surface area contributed by atoms with E-state index >= 15 is 0 Å². The lowest BCUT2D eigenvalue weighted by Gasteiger charge is -2.38. The van der Waals surface area contributed by atoms with E-state index < -0.39 is 23.5 Å². The van der Waals surface area contributed by atoms with Crippen LogP contribution in [0.3, 0.4) is 0 Å². The number of hydrogen-bond acceptors (Lipinski definition) is 5. The van der Waals surface area contributed by atoms with E-state index in [-0.39, 0.29) is 31.5 Å². The average molecular weight is 481 g/mol. The molecule has 1 heterocycles. The quantitative estimate of drug-likeness (QED) is 0.598. The number of hydrogen-bond donors (Lipinski definition) is 2. The smallest absolute Gasteiger partial charge is 0.407 e. The molecule has 2 aliphatic rings. The zero-order valence-electron chi connectivity index (χ0n) is 20.2. The van der Waals surface area contributed by atoms with Crippen LogP contribution >= 0.6 is 0 Å². The summed E-state index contributed by atoms with van der Waals surface area (Å²) < 4.78 is 10.7. The van der Waals surface area contributed by atoms with E-state index in [1.165, 1.54) is 7.11 Å². The number of carbonyl (C=O) groups is 3. The van der Waals surface area contributed by atoms with E-state index in [9.17, 15) is 19.5 Å². The standard InChI is InChI=1S/C27H32N2O6/c1-18(15-24(30)29-13-11-27(12-14-29,17-34-2)25(31)32)28-26(33)35-16-23-21-9-5-3-7-19(21)20-8-4-6-10-22(20)23/h3-10,18,23H,11-17H2,1-2H3,(H,28,33)(H,31,32)/t18-/m0/s1. The highest BCUT2D eigenvalue weighted by molar-refractivity contribution is 5.80. The minimum absolute atomic E-state index is 0.0277. The molecule has 0 aromatic heterocycles. The SMILES string of the molecule is COCC1(C(=O)O)CCN(C(=O)C[C@H](C)NC(=O)OCC2c3ccccc3-c3ccccc32)CC1. The van der Waals surface area contributed by atoms with Crippen LogP contribution in [0.25, 0.3) is 11.1 Å². The van der Waals surface area contributed by atoms with E-state index in [0.29, 0.717) is 25.9 Å². The molecule has 8 heteroatoms. The number of carbonyl (C=O) groups excluding carboxylic acids is 2. The number of carboxylic acids is 1. The first-order valence-corrected chi connectivity index (χ1v) is 12.0. The molecule has 2 aromatic carbocycles. The summed E-state index contributed by atoms with van der Waals surface area (Å²) in [6, 6.07) is 15.9. The Morgan fingerprint density at radius 2 is 1.63 bits per heavy atom. The summed E-state index contributed by atoms with van der Waals surface area (Å²) in [4.78, 5) is 38.6. The Kier molecular flexibility index (Phi) is 7.40. The molecule has 2 N–H and O–H groups in total. The van der Waals surface area contributed by atoms with Gasteiger partial charge in [-0.3, -0.25) is 9.59 Å². The third kappa shape index (κ3) is 5.17. The molecule has 186 valence electrons. The van der Waals surface area contributed by atoms with Crippen LogP contribution in [0.15, 0.2) is 48.5 Å². The molecule has 1 saturated heterocycles. The van der Waals surface area contributed by atoms with Crippen molar-refractivity contribution >= 4 is 18.0 Å². The van der Waals surface area contributed by atoms with Crippen molar-refractivity contribution in [2.75, 3.05) is 33.4 Å². The topological polar surface area (TPSA) is 105 Å². The second kappa shape index (κ2) is 10.5. The van der Waals surface area contributed by atoms with Gasteiger partial charge in [0.15, 0.2) is 0 Å². The minimum Gasteiger partial charge on any atom is -0.481 e. The van der Waals surface area contributed by atoms with Crippen molar-refractivity contribution in [1.29, 1.82) is 0 Å². The lowest BCUT2D eigenvalue weighted by atomic mass is 9.79. The van der Waals surface area contributed by atoms with Crippen LogP contribution in [-0.4, -0.2) is 67.4 Å². The predicted molar refractivity (Wildman–Crippen MR) is 130 cm³/mol. The number of benzene rings is 2. The number of nitrogens with zero attached hydrogens (tertiary/aromatic N) is 1. The van der Waals surface area contributed by atoms with Crippen LogP contribution in [0.1, 0.15) is 43.2 Å². The number of aliphatic carboxylic acids is 1. The van der Waals surface area contributed by atoms with Crippen molar-refractivity contribution in [2.45, 2.75) is 38.1 Å². The summed E-state index contributed by atoms with van der Waals surface area (Å²) in [7, 11) is 1.49. The van der Waals surface area contributed by atoms with E-state index in [0.717, 1.165) is 22.3 Å². The van der Waals surface area contributed by atoms with Crippen LogP contribution in [-0.2, 0) is 19.1 Å². The number of alkyl carbamates (subject to hydrolysis) is 1. The summed E-state index contributed by atoms with van der Waals surface area (Å²) in [5.41, 5.74) is 3.66. The molecule has 8 nitrogen and oxygen atoms in total. The predicted octanol–water partition coefficient (Wildman–Crippen LogP) is 3.64. The summed E-state index contributed by atoms with van der Waals surface area (Å²) in [5.74, 6) is -1.04. The van der Waals surface area contributed by atoms with E-state index in [1.54, 1.807) is 11.8 Å². The Morgan fingerprint density at radius 1 is 1.06 bits per heavy atom. The van der Waals surface area contributed by atoms with Crippen molar-refractivity contribution in [3.8, 4) is 11.1 Å². The van der Waals surface area contributed by atoms with Gasteiger partial charge in [-0.15, -0.1) is 0 Å². The van der Waals surface area contributed by atoms with Crippen molar-refractivity contribution in [3.63, 3.8) is 0 Å². The third-order valence-electron chi connectivity index (χ3n) is 7.14. The number of amides is 2. The maximum Gasteiger partial charge on any atom is 0.407 e. The number of methoxy groups -OCH3 is 1. The number of fused-ring (bicyclic) bond motifs is 3. The third-order valence-corrected chi connectivity index (χ3v) is 7.14. The van der Waals surface area contributed by atoms with Crippen molar-refractivity contribution in [3.05, 3.63) is 59.7 Å². The molecule has 1 fully saturated rings. The monoisotopic (exact) mass is 480 g/mol. The fraction of sp³-hybridized carbons (Fsp3) is 0.444. The van der Waals surface area contributed by atoms with Gasteiger partial charge in [-0.2, -0.15) is 0 Å². The lowest BCUT2D eigenvalue weighted by molar-refractivity contribution is -0.158. The van der Waals surface area contributed by atoms with Gasteiger partial charge in [0, 0.05) is 38.6 Å². The van der Waals surface area contributed by atoms with Crippen LogP contribution < -0.4 is 5.32 Å². The first-order valence-electron chi connectivity index (χ1n) is 12.0. The van der Waals surface area contributed by atoms with Crippen LogP contribution in [0, 0.1) is 5.41 Å². The molecule has 4 rings (SSSR count). The van der Waals surface area contributed by atoms with Gasteiger partial charge in [0.25, 0.3) is 0 Å². The molecule has 2 aromatic rings. The Labute approximate surface area is 205 Å². The molecule has 2 amide bonds. The van der Waals surface area contributed by atoms with Gasteiger partial charge in [-0.25, -0.2) is 4.79 Å². The fourth-order valence-electron chi connectivity index (χ4n) is 5.16. The number of ether oxygens (including phenoxy) is 2. The highest BCUT2D eigenvalue weighted by Crippen LogP contribution is 2.44. The summed E-state index contributed by atoms with van der Waals surface area (Å²) in [6.07, 6.45) is 0.247. The number of carboxylic acid groups (broad SMARTS) is 1. The van der Waals surface area contributed by atoms with Gasteiger partial charge < -0.3 is 24.8 Å². The lowest BCUT2D eigenvalue weighted by Crippen LogP contribution is -2.49. The summed E-state index contributed by atoms with van der Waals surface area (Å²) in [6.45, 7) is 2.81. The van der Waals surface area contributed by atoms with Gasteiger partial charge >= 0.3 is 12.1 Å². The normalized spacial score (nSPS) is 17.3. The van der Waals surface area contributed by atoms with Crippen molar-refractivity contribution < 1.29 is 29.0 Å².